The molecule has 0 atom stereocenters. The molecule has 0 saturated carbocycles. The third-order valence-electron chi connectivity index (χ3n) is 4.52. The molecule has 0 aliphatic rings. The average molecular weight is 347 g/mol. The van der Waals surface area contributed by atoms with Crippen LogP contribution in [0.5, 0.6) is 0 Å². The molecular formula is C23H22FNO. The number of allylic oxidation sites excluding steroid dienone is 1. The van der Waals surface area contributed by atoms with E-state index in [-0.39, 0.29) is 11.7 Å². The van der Waals surface area contributed by atoms with Gasteiger partial charge in [-0.1, -0.05) is 44.2 Å². The molecule has 0 aliphatic heterocycles. The summed E-state index contributed by atoms with van der Waals surface area (Å²) in [5.41, 5.74) is 6.23. The van der Waals surface area contributed by atoms with Crippen molar-refractivity contribution in [1.82, 2.24) is 4.57 Å². The number of para-hydroxylation sites is 1. The predicted molar refractivity (Wildman–Crippen MR) is 105 cm³/mol. The monoisotopic (exact) mass is 347 g/mol. The Morgan fingerprint density at radius 2 is 1.65 bits per heavy atom. The SMILES string of the molecule is Cc1c(-c2ccc(F)cc2)c(C=CC=O)c(C(C)C)n1-c1ccccc1. The summed E-state index contributed by atoms with van der Waals surface area (Å²) in [5, 5.41) is 0. The molecule has 2 nitrogen and oxygen atoms in total. The van der Waals surface area contributed by atoms with Crippen molar-refractivity contribution < 1.29 is 9.18 Å². The molecular weight excluding hydrogens is 325 g/mol. The van der Waals surface area contributed by atoms with Crippen molar-refractivity contribution in [1.29, 1.82) is 0 Å². The number of hydrogen-bond acceptors (Lipinski definition) is 1. The highest BCUT2D eigenvalue weighted by Gasteiger charge is 2.22. The predicted octanol–water partition coefficient (Wildman–Crippen LogP) is 5.93. The van der Waals surface area contributed by atoms with Crippen LogP contribution in [0.1, 0.15) is 36.7 Å². The topological polar surface area (TPSA) is 22.0 Å². The fourth-order valence-electron chi connectivity index (χ4n) is 3.50. The van der Waals surface area contributed by atoms with Crippen LogP contribution < -0.4 is 0 Å². The first kappa shape index (κ1) is 17.9. The largest absolute Gasteiger partial charge is 0.317 e. The zero-order valence-electron chi connectivity index (χ0n) is 15.2. The number of hydrogen-bond donors (Lipinski definition) is 0. The third-order valence-corrected chi connectivity index (χ3v) is 4.52. The van der Waals surface area contributed by atoms with E-state index in [0.29, 0.717) is 0 Å². The van der Waals surface area contributed by atoms with E-state index in [2.05, 4.69) is 37.5 Å². The Morgan fingerprint density at radius 3 is 2.23 bits per heavy atom. The average Bonchev–Trinajstić information content (AvgIpc) is 2.94. The van der Waals surface area contributed by atoms with Gasteiger partial charge in [0.1, 0.15) is 12.1 Å². The number of halogens is 1. The first-order valence-corrected chi connectivity index (χ1v) is 8.73. The second kappa shape index (κ2) is 7.52. The minimum absolute atomic E-state index is 0.245. The summed E-state index contributed by atoms with van der Waals surface area (Å²) in [6.45, 7) is 6.34. The van der Waals surface area contributed by atoms with Crippen molar-refractivity contribution >= 4 is 12.4 Å². The van der Waals surface area contributed by atoms with Crippen molar-refractivity contribution in [3.8, 4) is 16.8 Å². The van der Waals surface area contributed by atoms with Gasteiger partial charge in [-0.15, -0.1) is 0 Å². The summed E-state index contributed by atoms with van der Waals surface area (Å²) < 4.78 is 15.6. The summed E-state index contributed by atoms with van der Waals surface area (Å²) in [6, 6.07) is 16.7. The third kappa shape index (κ3) is 3.25. The standard InChI is InChI=1S/C23H22FNO/c1-16(2)23-21(10-7-15-26)22(18-11-13-19(24)14-12-18)17(3)25(23)20-8-5-4-6-9-20/h4-16H,1-3H3. The van der Waals surface area contributed by atoms with Gasteiger partial charge in [0.05, 0.1) is 0 Å². The van der Waals surface area contributed by atoms with Crippen molar-refractivity contribution in [2.45, 2.75) is 26.7 Å². The molecule has 0 spiro atoms. The molecule has 0 saturated heterocycles. The molecule has 0 bridgehead atoms. The smallest absolute Gasteiger partial charge is 0.142 e. The van der Waals surface area contributed by atoms with Gasteiger partial charge in [0.2, 0.25) is 0 Å². The molecule has 3 rings (SSSR count). The number of aromatic nitrogens is 1. The Kier molecular flexibility index (Phi) is 5.17. The summed E-state index contributed by atoms with van der Waals surface area (Å²) in [4.78, 5) is 11.0. The van der Waals surface area contributed by atoms with Crippen molar-refractivity contribution in [3.05, 3.63) is 83.4 Å². The number of carbonyl (C=O) groups is 1. The van der Waals surface area contributed by atoms with E-state index in [4.69, 9.17) is 0 Å². The van der Waals surface area contributed by atoms with Crippen LogP contribution in [0.4, 0.5) is 4.39 Å². The summed E-state index contributed by atoms with van der Waals surface area (Å²) in [6.07, 6.45) is 4.16. The number of aldehydes is 1. The van der Waals surface area contributed by atoms with Crippen LogP contribution in [0.25, 0.3) is 22.9 Å². The molecule has 0 fully saturated rings. The number of rotatable bonds is 5. The zero-order valence-corrected chi connectivity index (χ0v) is 15.2. The van der Waals surface area contributed by atoms with E-state index in [0.717, 1.165) is 40.1 Å². The molecule has 3 aromatic rings. The highest BCUT2D eigenvalue weighted by atomic mass is 19.1. The van der Waals surface area contributed by atoms with Crippen LogP contribution in [-0.2, 0) is 4.79 Å². The van der Waals surface area contributed by atoms with E-state index < -0.39 is 0 Å². The number of carbonyl (C=O) groups excluding carboxylic acids is 1. The molecule has 0 aliphatic carbocycles. The molecule has 0 amide bonds. The van der Waals surface area contributed by atoms with Gasteiger partial charge in [0, 0.05) is 28.2 Å². The zero-order chi connectivity index (χ0) is 18.7. The lowest BCUT2D eigenvalue weighted by Gasteiger charge is -2.15. The molecule has 0 radical (unpaired) electrons. The number of nitrogens with zero attached hydrogens (tertiary/aromatic N) is 1. The lowest BCUT2D eigenvalue weighted by molar-refractivity contribution is -0.104. The molecule has 1 heterocycles. The maximum absolute atomic E-state index is 13.4. The van der Waals surface area contributed by atoms with Crippen LogP contribution >= 0.6 is 0 Å². The fraction of sp³-hybridized carbons (Fsp3) is 0.174. The van der Waals surface area contributed by atoms with Crippen LogP contribution in [0.15, 0.2) is 60.7 Å². The maximum atomic E-state index is 13.4. The lowest BCUT2D eigenvalue weighted by Crippen LogP contribution is -2.04. The van der Waals surface area contributed by atoms with Crippen LogP contribution in [0, 0.1) is 12.7 Å². The van der Waals surface area contributed by atoms with Gasteiger partial charge in [-0.3, -0.25) is 4.79 Å². The Morgan fingerprint density at radius 1 is 1.00 bits per heavy atom. The lowest BCUT2D eigenvalue weighted by atomic mass is 9.97. The van der Waals surface area contributed by atoms with E-state index in [1.165, 1.54) is 18.2 Å². The van der Waals surface area contributed by atoms with E-state index in [9.17, 15) is 9.18 Å². The minimum Gasteiger partial charge on any atom is -0.317 e. The molecule has 1 aromatic heterocycles. The van der Waals surface area contributed by atoms with Gasteiger partial charge in [0.15, 0.2) is 0 Å². The Balaban J connectivity index is 2.37. The van der Waals surface area contributed by atoms with Crippen molar-refractivity contribution in [3.63, 3.8) is 0 Å². The summed E-state index contributed by atoms with van der Waals surface area (Å²) >= 11 is 0. The first-order chi connectivity index (χ1) is 12.5. The van der Waals surface area contributed by atoms with Crippen molar-refractivity contribution in [2.75, 3.05) is 0 Å². The minimum atomic E-state index is -0.261. The molecule has 2 aromatic carbocycles. The van der Waals surface area contributed by atoms with Crippen LogP contribution in [-0.4, -0.2) is 10.9 Å². The highest BCUT2D eigenvalue weighted by molar-refractivity contribution is 5.85. The van der Waals surface area contributed by atoms with Gasteiger partial charge in [0.25, 0.3) is 0 Å². The first-order valence-electron chi connectivity index (χ1n) is 8.73. The Bertz CT molecular complexity index is 935. The quantitative estimate of drug-likeness (QED) is 0.414. The number of benzene rings is 2. The molecule has 0 N–H and O–H groups in total. The van der Waals surface area contributed by atoms with E-state index in [1.807, 2.05) is 24.3 Å². The Hall–Kier alpha value is -2.94. The normalized spacial score (nSPS) is 11.4. The van der Waals surface area contributed by atoms with Gasteiger partial charge in [-0.2, -0.15) is 0 Å². The van der Waals surface area contributed by atoms with Gasteiger partial charge in [-0.05, 0) is 54.8 Å². The highest BCUT2D eigenvalue weighted by Crippen LogP contribution is 2.38. The molecule has 3 heteroatoms. The fourth-order valence-corrected chi connectivity index (χ4v) is 3.50. The molecule has 0 unspecified atom stereocenters. The maximum Gasteiger partial charge on any atom is 0.142 e. The van der Waals surface area contributed by atoms with E-state index in [1.54, 1.807) is 12.1 Å². The van der Waals surface area contributed by atoms with E-state index >= 15 is 0 Å². The van der Waals surface area contributed by atoms with Crippen LogP contribution in [0.3, 0.4) is 0 Å². The van der Waals surface area contributed by atoms with Crippen molar-refractivity contribution in [2.24, 2.45) is 0 Å². The van der Waals surface area contributed by atoms with Gasteiger partial charge in [-0.25, -0.2) is 4.39 Å². The van der Waals surface area contributed by atoms with Crippen LogP contribution in [0.2, 0.25) is 0 Å². The second-order valence-electron chi connectivity index (χ2n) is 6.59. The van der Waals surface area contributed by atoms with Gasteiger partial charge < -0.3 is 4.57 Å². The summed E-state index contributed by atoms with van der Waals surface area (Å²) in [7, 11) is 0. The van der Waals surface area contributed by atoms with Gasteiger partial charge >= 0.3 is 0 Å². The Labute approximate surface area is 153 Å². The summed E-state index contributed by atoms with van der Waals surface area (Å²) in [5.74, 6) is -0.0163. The second-order valence-corrected chi connectivity index (χ2v) is 6.59. The molecule has 132 valence electrons. The molecule has 26 heavy (non-hydrogen) atoms.